The lowest BCUT2D eigenvalue weighted by Gasteiger charge is -2.36. The molecule has 2 saturated carbocycles. The first-order valence-electron chi connectivity index (χ1n) is 8.61. The van der Waals surface area contributed by atoms with Crippen LogP contribution < -0.4 is 5.32 Å². The third-order valence-electron chi connectivity index (χ3n) is 5.44. The second-order valence-electron chi connectivity index (χ2n) is 8.04. The third kappa shape index (κ3) is 3.72. The molecule has 1 saturated heterocycles. The normalized spacial score (nSPS) is 30.3. The lowest BCUT2D eigenvalue weighted by atomic mass is 9.90. The number of hydrogen-bond acceptors (Lipinski definition) is 2. The molecule has 2 heteroatoms. The van der Waals surface area contributed by atoms with Crippen LogP contribution in [-0.4, -0.2) is 36.6 Å². The summed E-state index contributed by atoms with van der Waals surface area (Å²) in [6.45, 7) is 8.76. The molecule has 0 spiro atoms. The van der Waals surface area contributed by atoms with Crippen LogP contribution in [0.25, 0.3) is 0 Å². The monoisotopic (exact) mass is 264 g/mol. The van der Waals surface area contributed by atoms with Crippen LogP contribution in [0.2, 0.25) is 0 Å². The first-order chi connectivity index (χ1) is 9.14. The average molecular weight is 264 g/mol. The van der Waals surface area contributed by atoms with E-state index in [9.17, 15) is 0 Å². The molecule has 1 atom stereocenters. The van der Waals surface area contributed by atoms with Crippen LogP contribution in [0.1, 0.15) is 65.2 Å². The Balaban J connectivity index is 1.51. The van der Waals surface area contributed by atoms with Gasteiger partial charge in [0.2, 0.25) is 0 Å². The van der Waals surface area contributed by atoms with Crippen LogP contribution in [0, 0.1) is 11.3 Å². The van der Waals surface area contributed by atoms with Gasteiger partial charge in [-0.1, -0.05) is 26.7 Å². The van der Waals surface area contributed by atoms with Crippen molar-refractivity contribution < 1.29 is 0 Å². The number of likely N-dealkylation sites (tertiary alicyclic amines) is 1. The molecule has 1 N–H and O–H groups in total. The van der Waals surface area contributed by atoms with Gasteiger partial charge in [-0.3, -0.25) is 4.90 Å². The Kier molecular flexibility index (Phi) is 4.19. The Morgan fingerprint density at radius 3 is 2.42 bits per heavy atom. The van der Waals surface area contributed by atoms with E-state index in [1.165, 1.54) is 71.0 Å². The summed E-state index contributed by atoms with van der Waals surface area (Å²) >= 11 is 0. The molecule has 3 aliphatic rings. The molecule has 1 heterocycles. The zero-order valence-electron chi connectivity index (χ0n) is 13.0. The summed E-state index contributed by atoms with van der Waals surface area (Å²) < 4.78 is 0. The van der Waals surface area contributed by atoms with Crippen LogP contribution in [0.15, 0.2) is 0 Å². The largest absolute Gasteiger partial charge is 0.313 e. The van der Waals surface area contributed by atoms with Gasteiger partial charge in [0.05, 0.1) is 0 Å². The minimum absolute atomic E-state index is 0.434. The van der Waals surface area contributed by atoms with Gasteiger partial charge in [-0.05, 0) is 56.4 Å². The summed E-state index contributed by atoms with van der Waals surface area (Å²) in [7, 11) is 0. The fraction of sp³-hybridized carbons (Fsp3) is 1.00. The first kappa shape index (κ1) is 13.9. The number of nitrogens with one attached hydrogen (secondary N) is 1. The van der Waals surface area contributed by atoms with Crippen molar-refractivity contribution >= 4 is 0 Å². The van der Waals surface area contributed by atoms with E-state index in [4.69, 9.17) is 0 Å². The molecular formula is C17H32N2. The van der Waals surface area contributed by atoms with Crippen molar-refractivity contribution in [2.45, 2.75) is 77.3 Å². The van der Waals surface area contributed by atoms with Gasteiger partial charge >= 0.3 is 0 Å². The van der Waals surface area contributed by atoms with Crippen molar-refractivity contribution in [3.63, 3.8) is 0 Å². The molecule has 1 unspecified atom stereocenters. The van der Waals surface area contributed by atoms with Crippen molar-refractivity contribution in [1.29, 1.82) is 0 Å². The maximum Gasteiger partial charge on any atom is 0.0124 e. The molecule has 0 aromatic carbocycles. The molecule has 3 fully saturated rings. The fourth-order valence-electron chi connectivity index (χ4n) is 4.24. The average Bonchev–Trinajstić information content (AvgIpc) is 2.85. The fourth-order valence-corrected chi connectivity index (χ4v) is 4.24. The van der Waals surface area contributed by atoms with Crippen LogP contribution in [-0.2, 0) is 0 Å². The van der Waals surface area contributed by atoms with Gasteiger partial charge in [0.25, 0.3) is 0 Å². The van der Waals surface area contributed by atoms with Crippen LogP contribution >= 0.6 is 0 Å². The standard InChI is InChI=1S/C17H32N2/c1-17(2,12-18-15-9-10-15)13-19-11-5-8-16(19)14-6-3-4-7-14/h14-16,18H,3-13H2,1-2H3. The van der Waals surface area contributed by atoms with Gasteiger partial charge in [-0.2, -0.15) is 0 Å². The minimum Gasteiger partial charge on any atom is -0.313 e. The predicted octanol–water partition coefficient (Wildman–Crippen LogP) is 3.42. The molecule has 2 aliphatic carbocycles. The third-order valence-corrected chi connectivity index (χ3v) is 5.44. The van der Waals surface area contributed by atoms with Crippen molar-refractivity contribution in [3.05, 3.63) is 0 Å². The summed E-state index contributed by atoms with van der Waals surface area (Å²) in [5.41, 5.74) is 0.434. The van der Waals surface area contributed by atoms with E-state index in [1.54, 1.807) is 0 Å². The van der Waals surface area contributed by atoms with Gasteiger partial charge in [-0.15, -0.1) is 0 Å². The lowest BCUT2D eigenvalue weighted by Crippen LogP contribution is -2.44. The van der Waals surface area contributed by atoms with E-state index in [2.05, 4.69) is 24.1 Å². The summed E-state index contributed by atoms with van der Waals surface area (Å²) in [6.07, 6.45) is 11.7. The van der Waals surface area contributed by atoms with Gasteiger partial charge in [0.1, 0.15) is 0 Å². The molecule has 110 valence electrons. The number of hydrogen-bond donors (Lipinski definition) is 1. The smallest absolute Gasteiger partial charge is 0.0124 e. The Morgan fingerprint density at radius 2 is 1.74 bits per heavy atom. The molecule has 0 aromatic heterocycles. The van der Waals surface area contributed by atoms with E-state index in [0.29, 0.717) is 5.41 Å². The van der Waals surface area contributed by atoms with Gasteiger partial charge in [-0.25, -0.2) is 0 Å². The Bertz CT molecular complexity index is 290. The second kappa shape index (κ2) is 5.73. The maximum absolute atomic E-state index is 3.73. The first-order valence-corrected chi connectivity index (χ1v) is 8.61. The van der Waals surface area contributed by atoms with Crippen molar-refractivity contribution in [3.8, 4) is 0 Å². The van der Waals surface area contributed by atoms with Crippen LogP contribution in [0.5, 0.6) is 0 Å². The zero-order valence-corrected chi connectivity index (χ0v) is 13.0. The second-order valence-corrected chi connectivity index (χ2v) is 8.04. The zero-order chi connectivity index (χ0) is 13.3. The Labute approximate surface area is 119 Å². The lowest BCUT2D eigenvalue weighted by molar-refractivity contribution is 0.128. The van der Waals surface area contributed by atoms with Gasteiger partial charge in [0, 0.05) is 25.2 Å². The molecule has 2 nitrogen and oxygen atoms in total. The van der Waals surface area contributed by atoms with Crippen molar-refractivity contribution in [2.75, 3.05) is 19.6 Å². The highest BCUT2D eigenvalue weighted by atomic mass is 15.2. The van der Waals surface area contributed by atoms with Gasteiger partial charge in [0.15, 0.2) is 0 Å². The molecule has 19 heavy (non-hydrogen) atoms. The van der Waals surface area contributed by atoms with E-state index < -0.39 is 0 Å². The highest BCUT2D eigenvalue weighted by Crippen LogP contribution is 2.36. The Hall–Kier alpha value is -0.0800. The predicted molar refractivity (Wildman–Crippen MR) is 81.4 cm³/mol. The molecule has 1 aliphatic heterocycles. The molecule has 0 aromatic rings. The molecule has 0 radical (unpaired) electrons. The molecule has 0 amide bonds. The van der Waals surface area contributed by atoms with E-state index in [0.717, 1.165) is 18.0 Å². The highest BCUT2D eigenvalue weighted by Gasteiger charge is 2.36. The van der Waals surface area contributed by atoms with Gasteiger partial charge < -0.3 is 5.32 Å². The van der Waals surface area contributed by atoms with Crippen molar-refractivity contribution in [1.82, 2.24) is 10.2 Å². The van der Waals surface area contributed by atoms with E-state index >= 15 is 0 Å². The number of rotatable bonds is 6. The van der Waals surface area contributed by atoms with Crippen molar-refractivity contribution in [2.24, 2.45) is 11.3 Å². The SMILES string of the molecule is CC(C)(CNC1CC1)CN1CCCC1C1CCCC1. The van der Waals surface area contributed by atoms with Crippen LogP contribution in [0.4, 0.5) is 0 Å². The highest BCUT2D eigenvalue weighted by molar-refractivity contribution is 4.91. The minimum atomic E-state index is 0.434. The summed E-state index contributed by atoms with van der Waals surface area (Å²) in [6, 6.07) is 1.77. The molecule has 3 rings (SSSR count). The topological polar surface area (TPSA) is 15.3 Å². The summed E-state index contributed by atoms with van der Waals surface area (Å²) in [5.74, 6) is 1.02. The summed E-state index contributed by atoms with van der Waals surface area (Å²) in [4.78, 5) is 2.84. The Morgan fingerprint density at radius 1 is 1.00 bits per heavy atom. The maximum atomic E-state index is 3.73. The van der Waals surface area contributed by atoms with E-state index in [1.807, 2.05) is 0 Å². The quantitative estimate of drug-likeness (QED) is 0.791. The number of nitrogens with zero attached hydrogens (tertiary/aromatic N) is 1. The molecular weight excluding hydrogens is 232 g/mol. The van der Waals surface area contributed by atoms with Crippen LogP contribution in [0.3, 0.4) is 0 Å². The van der Waals surface area contributed by atoms with E-state index in [-0.39, 0.29) is 0 Å². The molecule has 0 bridgehead atoms. The summed E-state index contributed by atoms with van der Waals surface area (Å²) in [5, 5.41) is 3.73.